The molecule has 5 heteroatoms. The van der Waals surface area contributed by atoms with Gasteiger partial charge in [0.2, 0.25) is 0 Å². The topological polar surface area (TPSA) is 28.2 Å². The van der Waals surface area contributed by atoms with Gasteiger partial charge in [0.15, 0.2) is 23.3 Å². The largest absolute Gasteiger partial charge is 0.368 e. The summed E-state index contributed by atoms with van der Waals surface area (Å²) in [5.74, 6) is -0.829. The molecule has 19 heavy (non-hydrogen) atoms. The number of aromatic nitrogens is 1. The summed E-state index contributed by atoms with van der Waals surface area (Å²) in [6, 6.07) is 0.925. The van der Waals surface area contributed by atoms with Gasteiger partial charge >= 0.3 is 0 Å². The second-order valence-electron chi connectivity index (χ2n) is 5.62. The molecule has 0 atom stereocenters. The van der Waals surface area contributed by atoms with E-state index in [-0.39, 0.29) is 17.2 Å². The SMILES string of the molecule is CCCNc1nc(N2CCCC2(C)C)c(F)cc1F. The number of nitrogens with one attached hydrogen (secondary N) is 1. The number of halogens is 2. The third-order valence-electron chi connectivity index (χ3n) is 3.61. The maximum atomic E-state index is 14.0. The highest BCUT2D eigenvalue weighted by Gasteiger charge is 2.34. The van der Waals surface area contributed by atoms with Gasteiger partial charge in [0.05, 0.1) is 0 Å². The zero-order valence-corrected chi connectivity index (χ0v) is 11.8. The van der Waals surface area contributed by atoms with E-state index in [4.69, 9.17) is 0 Å². The lowest BCUT2D eigenvalue weighted by Gasteiger charge is -2.33. The molecule has 2 rings (SSSR count). The molecule has 2 heterocycles. The van der Waals surface area contributed by atoms with E-state index in [0.717, 1.165) is 31.9 Å². The molecule has 1 aromatic heterocycles. The van der Waals surface area contributed by atoms with Crippen LogP contribution in [0.4, 0.5) is 20.4 Å². The van der Waals surface area contributed by atoms with Gasteiger partial charge in [0, 0.05) is 24.7 Å². The van der Waals surface area contributed by atoms with Crippen molar-refractivity contribution < 1.29 is 8.78 Å². The van der Waals surface area contributed by atoms with Gasteiger partial charge in [-0.05, 0) is 33.1 Å². The van der Waals surface area contributed by atoms with Gasteiger partial charge in [-0.25, -0.2) is 13.8 Å². The lowest BCUT2D eigenvalue weighted by atomic mass is 10.0. The Labute approximate surface area is 113 Å². The first-order valence-electron chi connectivity index (χ1n) is 6.83. The lowest BCUT2D eigenvalue weighted by molar-refractivity contribution is 0.497. The number of nitrogens with zero attached hydrogens (tertiary/aromatic N) is 2. The number of pyridine rings is 1. The maximum absolute atomic E-state index is 14.0. The maximum Gasteiger partial charge on any atom is 0.168 e. The molecule has 1 aliphatic heterocycles. The van der Waals surface area contributed by atoms with Crippen LogP contribution in [0.1, 0.15) is 40.0 Å². The van der Waals surface area contributed by atoms with E-state index >= 15 is 0 Å². The highest BCUT2D eigenvalue weighted by molar-refractivity contribution is 5.51. The molecule has 0 radical (unpaired) electrons. The van der Waals surface area contributed by atoms with Gasteiger partial charge in [-0.3, -0.25) is 0 Å². The highest BCUT2D eigenvalue weighted by Crippen LogP contribution is 2.34. The number of rotatable bonds is 4. The Morgan fingerprint density at radius 3 is 2.68 bits per heavy atom. The second kappa shape index (κ2) is 5.31. The molecule has 0 unspecified atom stereocenters. The molecule has 0 aliphatic carbocycles. The minimum absolute atomic E-state index is 0.131. The minimum atomic E-state index is -0.633. The van der Waals surface area contributed by atoms with Gasteiger partial charge < -0.3 is 10.2 Å². The molecule has 1 aromatic rings. The Morgan fingerprint density at radius 2 is 2.11 bits per heavy atom. The smallest absolute Gasteiger partial charge is 0.168 e. The molecule has 1 N–H and O–H groups in total. The fourth-order valence-corrected chi connectivity index (χ4v) is 2.51. The van der Waals surface area contributed by atoms with E-state index in [2.05, 4.69) is 24.1 Å². The summed E-state index contributed by atoms with van der Waals surface area (Å²) in [5.41, 5.74) is -0.131. The summed E-state index contributed by atoms with van der Waals surface area (Å²) in [6.07, 6.45) is 2.86. The van der Waals surface area contributed by atoms with Crippen molar-refractivity contribution in [1.29, 1.82) is 0 Å². The van der Waals surface area contributed by atoms with Gasteiger partial charge in [-0.2, -0.15) is 0 Å². The van der Waals surface area contributed by atoms with Crippen molar-refractivity contribution in [2.75, 3.05) is 23.3 Å². The first kappa shape index (κ1) is 14.0. The van der Waals surface area contributed by atoms with Crippen LogP contribution >= 0.6 is 0 Å². The molecular weight excluding hydrogens is 248 g/mol. The minimum Gasteiger partial charge on any atom is -0.368 e. The molecule has 0 bridgehead atoms. The van der Waals surface area contributed by atoms with Crippen molar-refractivity contribution in [3.63, 3.8) is 0 Å². The first-order chi connectivity index (χ1) is 8.95. The molecular formula is C14H21F2N3. The van der Waals surface area contributed by atoms with E-state index in [1.165, 1.54) is 0 Å². The number of hydrogen-bond donors (Lipinski definition) is 1. The van der Waals surface area contributed by atoms with Crippen LogP contribution in [-0.4, -0.2) is 23.6 Å². The van der Waals surface area contributed by atoms with Crippen molar-refractivity contribution in [3.05, 3.63) is 17.7 Å². The summed E-state index contributed by atoms with van der Waals surface area (Å²) in [6.45, 7) is 7.49. The van der Waals surface area contributed by atoms with Crippen LogP contribution in [0.15, 0.2) is 6.07 Å². The predicted octanol–water partition coefficient (Wildman–Crippen LogP) is 3.56. The summed E-state index contributed by atoms with van der Waals surface area (Å²) in [7, 11) is 0. The van der Waals surface area contributed by atoms with Crippen molar-refractivity contribution in [2.24, 2.45) is 0 Å². The standard InChI is InChI=1S/C14H21F2N3/c1-4-7-17-12-10(15)9-11(16)13(18-12)19-8-5-6-14(19,2)3/h9H,4-8H2,1-3H3,(H,17,18). The van der Waals surface area contributed by atoms with Gasteiger partial charge in [0.1, 0.15) is 0 Å². The Bertz CT molecular complexity index is 460. The molecule has 0 spiro atoms. The van der Waals surface area contributed by atoms with E-state index in [9.17, 15) is 8.78 Å². The Kier molecular flexibility index (Phi) is 3.92. The first-order valence-corrected chi connectivity index (χ1v) is 6.83. The quantitative estimate of drug-likeness (QED) is 0.906. The molecule has 106 valence electrons. The van der Waals surface area contributed by atoms with Crippen LogP contribution < -0.4 is 10.2 Å². The van der Waals surface area contributed by atoms with E-state index in [0.29, 0.717) is 6.54 Å². The number of hydrogen-bond acceptors (Lipinski definition) is 3. The summed E-state index contributed by atoms with van der Waals surface area (Å²) in [5, 5.41) is 2.90. The third kappa shape index (κ3) is 2.80. The molecule has 1 saturated heterocycles. The fraction of sp³-hybridized carbons (Fsp3) is 0.643. The number of anilines is 2. The predicted molar refractivity (Wildman–Crippen MR) is 73.6 cm³/mol. The van der Waals surface area contributed by atoms with Crippen LogP contribution in [0.3, 0.4) is 0 Å². The average Bonchev–Trinajstić information content (AvgIpc) is 2.68. The molecule has 0 aromatic carbocycles. The molecule has 1 aliphatic rings. The molecule has 0 amide bonds. The third-order valence-corrected chi connectivity index (χ3v) is 3.61. The molecule has 3 nitrogen and oxygen atoms in total. The molecule has 0 saturated carbocycles. The van der Waals surface area contributed by atoms with Crippen molar-refractivity contribution in [3.8, 4) is 0 Å². The van der Waals surface area contributed by atoms with Gasteiger partial charge in [-0.1, -0.05) is 6.92 Å². The Morgan fingerprint density at radius 1 is 1.37 bits per heavy atom. The van der Waals surface area contributed by atoms with Crippen LogP contribution in [0.5, 0.6) is 0 Å². The summed E-state index contributed by atoms with van der Waals surface area (Å²) >= 11 is 0. The zero-order chi connectivity index (χ0) is 14.0. The van der Waals surface area contributed by atoms with Crippen LogP contribution in [0.2, 0.25) is 0 Å². The van der Waals surface area contributed by atoms with Crippen LogP contribution in [-0.2, 0) is 0 Å². The van der Waals surface area contributed by atoms with Gasteiger partial charge in [-0.15, -0.1) is 0 Å². The lowest BCUT2D eigenvalue weighted by Crippen LogP contribution is -2.39. The van der Waals surface area contributed by atoms with Crippen LogP contribution in [0, 0.1) is 11.6 Å². The van der Waals surface area contributed by atoms with Crippen molar-refractivity contribution >= 4 is 11.6 Å². The second-order valence-corrected chi connectivity index (χ2v) is 5.62. The van der Waals surface area contributed by atoms with E-state index in [1.54, 1.807) is 0 Å². The zero-order valence-electron chi connectivity index (χ0n) is 11.8. The average molecular weight is 269 g/mol. The molecule has 1 fully saturated rings. The highest BCUT2D eigenvalue weighted by atomic mass is 19.1. The normalized spacial score (nSPS) is 17.8. The monoisotopic (exact) mass is 269 g/mol. The van der Waals surface area contributed by atoms with E-state index in [1.807, 2.05) is 11.8 Å². The summed E-state index contributed by atoms with van der Waals surface area (Å²) in [4.78, 5) is 6.08. The van der Waals surface area contributed by atoms with Crippen molar-refractivity contribution in [2.45, 2.75) is 45.6 Å². The summed E-state index contributed by atoms with van der Waals surface area (Å²) < 4.78 is 27.6. The Balaban J connectivity index is 2.34. The van der Waals surface area contributed by atoms with Crippen molar-refractivity contribution in [1.82, 2.24) is 4.98 Å². The Hall–Kier alpha value is -1.39. The van der Waals surface area contributed by atoms with Crippen LogP contribution in [0.25, 0.3) is 0 Å². The van der Waals surface area contributed by atoms with Gasteiger partial charge in [0.25, 0.3) is 0 Å². The fourth-order valence-electron chi connectivity index (χ4n) is 2.51. The van der Waals surface area contributed by atoms with E-state index < -0.39 is 11.6 Å².